The summed E-state index contributed by atoms with van der Waals surface area (Å²) in [6, 6.07) is 2.57. The molecule has 0 unspecified atom stereocenters. The van der Waals surface area contributed by atoms with E-state index in [2.05, 4.69) is 24.2 Å². The lowest BCUT2D eigenvalue weighted by Crippen LogP contribution is -2.33. The van der Waals surface area contributed by atoms with Crippen LogP contribution in [0.3, 0.4) is 0 Å². The molecule has 0 saturated heterocycles. The molecular formula is C17H20N2O5S2. The van der Waals surface area contributed by atoms with E-state index < -0.39 is 21.1 Å². The van der Waals surface area contributed by atoms with Crippen molar-refractivity contribution >= 4 is 33.4 Å². The van der Waals surface area contributed by atoms with Gasteiger partial charge in [-0.05, 0) is 25.1 Å². The van der Waals surface area contributed by atoms with Crippen LogP contribution in [0.5, 0.6) is 0 Å². The molecule has 0 amide bonds. The monoisotopic (exact) mass is 396 g/mol. The molecule has 1 heterocycles. The summed E-state index contributed by atoms with van der Waals surface area (Å²) in [5, 5.41) is 9.23. The molecule has 2 aromatic rings. The normalized spacial score (nSPS) is 12.1. The van der Waals surface area contributed by atoms with Crippen LogP contribution in [-0.4, -0.2) is 23.3 Å². The predicted molar refractivity (Wildman–Crippen MR) is 105 cm³/mol. The summed E-state index contributed by atoms with van der Waals surface area (Å²) < 4.78 is 25.7. The van der Waals surface area contributed by atoms with Crippen molar-refractivity contribution in [3.8, 4) is 0 Å². The Balaban J connectivity index is 0.00000163. The molecule has 0 fully saturated rings. The number of sulfone groups is 1. The summed E-state index contributed by atoms with van der Waals surface area (Å²) in [6.45, 7) is 9.20. The Bertz CT molecular complexity index is 1110. The van der Waals surface area contributed by atoms with Gasteiger partial charge < -0.3 is 10.2 Å². The largest absolute Gasteiger partial charge is 0.421 e. The molecule has 0 spiro atoms. The number of aromatic nitrogens is 2. The fraction of sp³-hybridized carbons (Fsp3) is 0.176. The van der Waals surface area contributed by atoms with Crippen LogP contribution >= 0.6 is 12.6 Å². The highest BCUT2D eigenvalue weighted by Gasteiger charge is 2.25. The number of hydrogen-bond donors (Lipinski definition) is 3. The van der Waals surface area contributed by atoms with Crippen LogP contribution in [0.4, 0.5) is 0 Å². The van der Waals surface area contributed by atoms with Crippen LogP contribution in [0.25, 0.3) is 10.9 Å². The first-order valence-electron chi connectivity index (χ1n) is 7.66. The fourth-order valence-corrected chi connectivity index (χ4v) is 4.12. The van der Waals surface area contributed by atoms with Gasteiger partial charge in [-0.25, -0.2) is 13.2 Å². The van der Waals surface area contributed by atoms with Gasteiger partial charge in [-0.3, -0.25) is 4.79 Å². The molecule has 0 aliphatic carbocycles. The number of rotatable bonds is 4. The van der Waals surface area contributed by atoms with Gasteiger partial charge >= 0.3 is 5.69 Å². The minimum absolute atomic E-state index is 0.0430. The van der Waals surface area contributed by atoms with E-state index in [1.807, 2.05) is 13.8 Å². The van der Waals surface area contributed by atoms with E-state index in [0.29, 0.717) is 0 Å². The SMILES string of the molecule is C=C/C(=C\C=C/C)S(=O)(=O)c1c(S)ccc2c(=O)n(O)c(=O)[nH]c12.CC. The smallest absolute Gasteiger partial charge is 0.362 e. The summed E-state index contributed by atoms with van der Waals surface area (Å²) in [6.07, 6.45) is 5.63. The quantitative estimate of drug-likeness (QED) is 0.418. The highest BCUT2D eigenvalue weighted by atomic mass is 32.2. The fourth-order valence-electron chi connectivity index (χ4n) is 2.09. The Morgan fingerprint density at radius 3 is 2.46 bits per heavy atom. The Morgan fingerprint density at radius 2 is 1.92 bits per heavy atom. The van der Waals surface area contributed by atoms with Crippen molar-refractivity contribution in [3.63, 3.8) is 0 Å². The first-order valence-corrected chi connectivity index (χ1v) is 9.59. The van der Waals surface area contributed by atoms with Crippen LogP contribution in [0.1, 0.15) is 20.8 Å². The summed E-state index contributed by atoms with van der Waals surface area (Å²) in [5.74, 6) is 0. The molecule has 1 aromatic carbocycles. The average Bonchev–Trinajstić information content (AvgIpc) is 2.61. The number of thiol groups is 1. The number of nitrogens with zero attached hydrogens (tertiary/aromatic N) is 1. The van der Waals surface area contributed by atoms with Gasteiger partial charge in [-0.1, -0.05) is 43.4 Å². The topological polar surface area (TPSA) is 109 Å². The van der Waals surface area contributed by atoms with Crippen LogP contribution in [0, 0.1) is 0 Å². The van der Waals surface area contributed by atoms with Gasteiger partial charge in [-0.2, -0.15) is 0 Å². The number of nitrogens with one attached hydrogen (secondary N) is 1. The lowest BCUT2D eigenvalue weighted by atomic mass is 10.2. The molecule has 140 valence electrons. The lowest BCUT2D eigenvalue weighted by Gasteiger charge is -2.11. The highest BCUT2D eigenvalue weighted by molar-refractivity contribution is 7.96. The number of aromatic amines is 1. The standard InChI is InChI=1S/C15H14N2O5S2.C2H6/c1-3-5-6-9(4-2)24(21,22)13-11(23)8-7-10-12(13)16-15(19)17(20)14(10)18;1-2/h3-8,20,23H,2H2,1H3,(H,16,19);1-2H3/b5-3-,9-6+;. The molecule has 0 aliphatic rings. The van der Waals surface area contributed by atoms with E-state index in [1.165, 1.54) is 24.3 Å². The molecule has 0 saturated carbocycles. The summed E-state index contributed by atoms with van der Waals surface area (Å²) in [5.41, 5.74) is -2.41. The van der Waals surface area contributed by atoms with E-state index in [1.54, 1.807) is 13.0 Å². The second kappa shape index (κ2) is 8.72. The van der Waals surface area contributed by atoms with Gasteiger partial charge in [0.25, 0.3) is 5.56 Å². The number of fused-ring (bicyclic) bond motifs is 1. The first-order chi connectivity index (χ1) is 12.3. The van der Waals surface area contributed by atoms with Crippen molar-refractivity contribution in [2.75, 3.05) is 0 Å². The molecule has 0 radical (unpaired) electrons. The molecule has 0 atom stereocenters. The van der Waals surface area contributed by atoms with E-state index >= 15 is 0 Å². The molecule has 7 nitrogen and oxygen atoms in total. The van der Waals surface area contributed by atoms with Crippen LogP contribution in [0.2, 0.25) is 0 Å². The first kappa shape index (κ1) is 21.5. The van der Waals surface area contributed by atoms with Crippen molar-refractivity contribution in [3.05, 3.63) is 68.8 Å². The number of benzene rings is 1. The zero-order valence-corrected chi connectivity index (χ0v) is 16.3. The van der Waals surface area contributed by atoms with E-state index in [4.69, 9.17) is 0 Å². The molecular weight excluding hydrogens is 376 g/mol. The Hall–Kier alpha value is -2.52. The molecule has 1 aromatic heterocycles. The maximum atomic E-state index is 12.9. The minimum Gasteiger partial charge on any atom is -0.421 e. The Morgan fingerprint density at radius 1 is 1.31 bits per heavy atom. The second-order valence-electron chi connectivity index (χ2n) is 4.69. The summed E-state index contributed by atoms with van der Waals surface area (Å²) in [7, 11) is -4.11. The Kier molecular flexibility index (Phi) is 7.22. The van der Waals surface area contributed by atoms with Gasteiger partial charge in [0.2, 0.25) is 9.84 Å². The van der Waals surface area contributed by atoms with Crippen LogP contribution in [0.15, 0.2) is 67.3 Å². The van der Waals surface area contributed by atoms with Crippen molar-refractivity contribution < 1.29 is 13.6 Å². The third kappa shape index (κ3) is 3.83. The van der Waals surface area contributed by atoms with Crippen molar-refractivity contribution in [1.29, 1.82) is 0 Å². The molecule has 0 bridgehead atoms. The van der Waals surface area contributed by atoms with Crippen molar-refractivity contribution in [2.24, 2.45) is 0 Å². The highest BCUT2D eigenvalue weighted by Crippen LogP contribution is 2.31. The number of H-pyrrole nitrogens is 1. The number of hydrogen-bond acceptors (Lipinski definition) is 6. The van der Waals surface area contributed by atoms with Gasteiger partial charge in [-0.15, -0.1) is 12.6 Å². The molecule has 26 heavy (non-hydrogen) atoms. The third-order valence-electron chi connectivity index (χ3n) is 3.22. The van der Waals surface area contributed by atoms with Gasteiger partial charge in [0.05, 0.1) is 15.8 Å². The van der Waals surface area contributed by atoms with Crippen LogP contribution in [-0.2, 0) is 9.84 Å². The molecule has 2 N–H and O–H groups in total. The average molecular weight is 396 g/mol. The molecule has 2 rings (SSSR count). The maximum absolute atomic E-state index is 12.9. The van der Waals surface area contributed by atoms with E-state index in [9.17, 15) is 23.2 Å². The lowest BCUT2D eigenvalue weighted by molar-refractivity contribution is 0.162. The number of allylic oxidation sites excluding steroid dienone is 4. The Labute approximate surface area is 156 Å². The van der Waals surface area contributed by atoms with Gasteiger partial charge in [0.1, 0.15) is 4.90 Å². The van der Waals surface area contributed by atoms with E-state index in [0.717, 1.165) is 6.08 Å². The van der Waals surface area contributed by atoms with Gasteiger partial charge in [0, 0.05) is 4.90 Å². The minimum atomic E-state index is -4.11. The van der Waals surface area contributed by atoms with Crippen molar-refractivity contribution in [2.45, 2.75) is 30.6 Å². The predicted octanol–water partition coefficient (Wildman–Crippen LogP) is 2.66. The second-order valence-corrected chi connectivity index (χ2v) is 7.05. The molecule has 0 aliphatic heterocycles. The van der Waals surface area contributed by atoms with Gasteiger partial charge in [0.15, 0.2) is 0 Å². The molecule has 9 heteroatoms. The van der Waals surface area contributed by atoms with Crippen molar-refractivity contribution in [1.82, 2.24) is 9.71 Å². The summed E-state index contributed by atoms with van der Waals surface area (Å²) >= 11 is 4.13. The zero-order chi connectivity index (χ0) is 20.1. The van der Waals surface area contributed by atoms with E-state index in [-0.39, 0.29) is 30.3 Å². The third-order valence-corrected chi connectivity index (χ3v) is 5.63. The summed E-state index contributed by atoms with van der Waals surface area (Å²) in [4.78, 5) is 25.4. The maximum Gasteiger partial charge on any atom is 0.362 e. The zero-order valence-electron chi connectivity index (χ0n) is 14.6. The van der Waals surface area contributed by atoms with Crippen LogP contribution < -0.4 is 11.2 Å².